The number of aromatic nitrogens is 1. The van der Waals surface area contributed by atoms with E-state index in [1.54, 1.807) is 12.1 Å². The van der Waals surface area contributed by atoms with E-state index >= 15 is 0 Å². The first kappa shape index (κ1) is 15.4. The smallest absolute Gasteiger partial charge is 0.267 e. The van der Waals surface area contributed by atoms with Gasteiger partial charge in [-0.2, -0.15) is 0 Å². The molecule has 0 saturated carbocycles. The molecule has 2 aromatic carbocycles. The van der Waals surface area contributed by atoms with Gasteiger partial charge in [0.05, 0.1) is 10.2 Å². The second-order valence-electron chi connectivity index (χ2n) is 5.73. The SMILES string of the molecule is CCc1ccc2nc(NC(=O)[C@@H]3Cc4cc(Cl)ccc4O3)sc2c1. The Morgan fingerprint density at radius 1 is 1.38 bits per heavy atom. The number of anilines is 1. The first-order chi connectivity index (χ1) is 11.6. The van der Waals surface area contributed by atoms with Crippen LogP contribution in [0.4, 0.5) is 5.13 Å². The number of rotatable bonds is 3. The van der Waals surface area contributed by atoms with Crippen LogP contribution in [0.3, 0.4) is 0 Å². The lowest BCUT2D eigenvalue weighted by atomic mass is 10.1. The number of aryl methyl sites for hydroxylation is 1. The van der Waals surface area contributed by atoms with E-state index in [-0.39, 0.29) is 5.91 Å². The summed E-state index contributed by atoms with van der Waals surface area (Å²) < 4.78 is 6.79. The van der Waals surface area contributed by atoms with Crippen molar-refractivity contribution >= 4 is 44.2 Å². The number of fused-ring (bicyclic) bond motifs is 2. The van der Waals surface area contributed by atoms with E-state index in [1.165, 1.54) is 16.9 Å². The number of halogens is 1. The molecule has 0 radical (unpaired) electrons. The number of hydrogen-bond donors (Lipinski definition) is 1. The number of ether oxygens (including phenoxy) is 1. The monoisotopic (exact) mass is 358 g/mol. The molecule has 0 unspecified atom stereocenters. The highest BCUT2D eigenvalue weighted by molar-refractivity contribution is 7.22. The van der Waals surface area contributed by atoms with Crippen LogP contribution in [0.5, 0.6) is 5.75 Å². The summed E-state index contributed by atoms with van der Waals surface area (Å²) in [4.78, 5) is 16.9. The predicted octanol–water partition coefficient (Wildman–Crippen LogP) is 4.45. The van der Waals surface area contributed by atoms with Crippen molar-refractivity contribution in [3.8, 4) is 5.75 Å². The lowest BCUT2D eigenvalue weighted by Gasteiger charge is -2.09. The summed E-state index contributed by atoms with van der Waals surface area (Å²) >= 11 is 7.47. The minimum absolute atomic E-state index is 0.183. The van der Waals surface area contributed by atoms with Crippen molar-refractivity contribution in [3.05, 3.63) is 52.5 Å². The molecule has 4 nitrogen and oxygen atoms in total. The fourth-order valence-electron chi connectivity index (χ4n) is 2.79. The van der Waals surface area contributed by atoms with Crippen LogP contribution in [0.2, 0.25) is 5.02 Å². The maximum atomic E-state index is 12.5. The van der Waals surface area contributed by atoms with Gasteiger partial charge in [0.25, 0.3) is 5.91 Å². The van der Waals surface area contributed by atoms with Crippen LogP contribution >= 0.6 is 22.9 Å². The highest BCUT2D eigenvalue weighted by Gasteiger charge is 2.29. The number of hydrogen-bond acceptors (Lipinski definition) is 4. The summed E-state index contributed by atoms with van der Waals surface area (Å²) in [5, 5.41) is 4.12. The first-order valence-electron chi connectivity index (χ1n) is 7.78. The zero-order chi connectivity index (χ0) is 16.7. The highest BCUT2D eigenvalue weighted by atomic mass is 35.5. The van der Waals surface area contributed by atoms with E-state index in [0.717, 1.165) is 28.0 Å². The number of benzene rings is 2. The van der Waals surface area contributed by atoms with E-state index in [4.69, 9.17) is 16.3 Å². The molecule has 4 rings (SSSR count). The molecule has 122 valence electrons. The molecule has 1 atom stereocenters. The summed E-state index contributed by atoms with van der Waals surface area (Å²) in [6.45, 7) is 2.12. The van der Waals surface area contributed by atoms with Crippen LogP contribution in [-0.2, 0) is 17.6 Å². The minimum atomic E-state index is -0.545. The molecule has 0 bridgehead atoms. The zero-order valence-electron chi connectivity index (χ0n) is 13.0. The van der Waals surface area contributed by atoms with Crippen molar-refractivity contribution in [2.75, 3.05) is 5.32 Å². The number of nitrogens with one attached hydrogen (secondary N) is 1. The average molecular weight is 359 g/mol. The topological polar surface area (TPSA) is 51.2 Å². The fourth-order valence-corrected chi connectivity index (χ4v) is 3.92. The van der Waals surface area contributed by atoms with E-state index in [9.17, 15) is 4.79 Å². The standard InChI is InChI=1S/C18H15ClN2O2S/c1-2-10-3-5-13-16(7-10)24-18(20-13)21-17(22)15-9-11-8-12(19)4-6-14(11)23-15/h3-8,15H,2,9H2,1H3,(H,20,21,22)/t15-/m0/s1. The molecular formula is C18H15ClN2O2S. The van der Waals surface area contributed by atoms with E-state index in [1.807, 2.05) is 12.1 Å². The lowest BCUT2D eigenvalue weighted by molar-refractivity contribution is -0.122. The number of nitrogens with zero attached hydrogens (tertiary/aromatic N) is 1. The van der Waals surface area contributed by atoms with Crippen molar-refractivity contribution in [1.29, 1.82) is 0 Å². The van der Waals surface area contributed by atoms with Crippen LogP contribution in [0.15, 0.2) is 36.4 Å². The molecule has 0 saturated heterocycles. The summed E-state index contributed by atoms with van der Waals surface area (Å²) in [6.07, 6.45) is 0.954. The molecule has 0 spiro atoms. The molecule has 1 aliphatic rings. The van der Waals surface area contributed by atoms with Gasteiger partial charge in [0.2, 0.25) is 0 Å². The number of carbonyl (C=O) groups is 1. The maximum Gasteiger partial charge on any atom is 0.267 e. The van der Waals surface area contributed by atoms with Gasteiger partial charge in [-0.15, -0.1) is 0 Å². The second kappa shape index (κ2) is 6.07. The van der Waals surface area contributed by atoms with E-state index in [2.05, 4.69) is 29.4 Å². The Balaban J connectivity index is 1.50. The third-order valence-corrected chi connectivity index (χ3v) is 5.25. The molecule has 3 aromatic rings. The minimum Gasteiger partial charge on any atom is -0.480 e. The normalized spacial score (nSPS) is 16.0. The third kappa shape index (κ3) is 2.85. The van der Waals surface area contributed by atoms with Gasteiger partial charge in [0.15, 0.2) is 11.2 Å². The molecule has 0 fully saturated rings. The van der Waals surface area contributed by atoms with Gasteiger partial charge in [-0.05, 0) is 47.9 Å². The van der Waals surface area contributed by atoms with Gasteiger partial charge in [0.1, 0.15) is 5.75 Å². The molecule has 0 aliphatic carbocycles. The Kier molecular flexibility index (Phi) is 3.90. The largest absolute Gasteiger partial charge is 0.480 e. The molecule has 1 amide bonds. The van der Waals surface area contributed by atoms with Crippen molar-refractivity contribution in [1.82, 2.24) is 4.98 Å². The van der Waals surface area contributed by atoms with Crippen LogP contribution < -0.4 is 10.1 Å². The van der Waals surface area contributed by atoms with Gasteiger partial charge in [0, 0.05) is 11.4 Å². The van der Waals surface area contributed by atoms with Crippen molar-refractivity contribution in [2.24, 2.45) is 0 Å². The van der Waals surface area contributed by atoms with Crippen molar-refractivity contribution in [2.45, 2.75) is 25.9 Å². The molecule has 2 heterocycles. The van der Waals surface area contributed by atoms with E-state index in [0.29, 0.717) is 16.6 Å². The first-order valence-corrected chi connectivity index (χ1v) is 8.97. The Morgan fingerprint density at radius 2 is 2.25 bits per heavy atom. The Bertz CT molecular complexity index is 938. The molecular weight excluding hydrogens is 344 g/mol. The van der Waals surface area contributed by atoms with Gasteiger partial charge < -0.3 is 4.74 Å². The summed E-state index contributed by atoms with van der Waals surface area (Å²) in [5.74, 6) is 0.536. The number of carbonyl (C=O) groups excluding carboxylic acids is 1. The lowest BCUT2D eigenvalue weighted by Crippen LogP contribution is -2.31. The Labute approximate surface area is 148 Å². The second-order valence-corrected chi connectivity index (χ2v) is 7.19. The van der Waals surface area contributed by atoms with E-state index < -0.39 is 6.10 Å². The molecule has 1 N–H and O–H groups in total. The van der Waals surface area contributed by atoms with Crippen LogP contribution in [-0.4, -0.2) is 17.0 Å². The zero-order valence-corrected chi connectivity index (χ0v) is 14.6. The highest BCUT2D eigenvalue weighted by Crippen LogP contribution is 2.32. The van der Waals surface area contributed by atoms with Crippen LogP contribution in [0.1, 0.15) is 18.1 Å². The van der Waals surface area contributed by atoms with Gasteiger partial charge in [-0.1, -0.05) is 35.9 Å². The third-order valence-electron chi connectivity index (χ3n) is 4.08. The molecule has 24 heavy (non-hydrogen) atoms. The van der Waals surface area contributed by atoms with Crippen molar-refractivity contribution in [3.63, 3.8) is 0 Å². The van der Waals surface area contributed by atoms with Gasteiger partial charge in [-0.25, -0.2) is 4.98 Å². The maximum absolute atomic E-state index is 12.5. The molecule has 6 heteroatoms. The van der Waals surface area contributed by atoms with Gasteiger partial charge in [-0.3, -0.25) is 10.1 Å². The fraction of sp³-hybridized carbons (Fsp3) is 0.222. The van der Waals surface area contributed by atoms with Crippen molar-refractivity contribution < 1.29 is 9.53 Å². The predicted molar refractivity (Wildman–Crippen MR) is 97.2 cm³/mol. The molecule has 1 aliphatic heterocycles. The summed E-state index contributed by atoms with van der Waals surface area (Å²) in [5.41, 5.74) is 3.12. The number of amides is 1. The average Bonchev–Trinajstić information content (AvgIpc) is 3.16. The summed E-state index contributed by atoms with van der Waals surface area (Å²) in [6, 6.07) is 11.6. The number of thiazole rings is 1. The van der Waals surface area contributed by atoms with Crippen LogP contribution in [0.25, 0.3) is 10.2 Å². The Hall–Kier alpha value is -2.11. The summed E-state index contributed by atoms with van der Waals surface area (Å²) in [7, 11) is 0. The van der Waals surface area contributed by atoms with Gasteiger partial charge >= 0.3 is 0 Å². The van der Waals surface area contributed by atoms with Crippen LogP contribution in [0, 0.1) is 0 Å². The quantitative estimate of drug-likeness (QED) is 0.752. The Morgan fingerprint density at radius 3 is 3.08 bits per heavy atom. The molecule has 1 aromatic heterocycles.